The van der Waals surface area contributed by atoms with Crippen LogP contribution >= 0.6 is 0 Å². The maximum atomic E-state index is 13.9. The molecule has 0 bridgehead atoms. The third kappa shape index (κ3) is 8.32. The van der Waals surface area contributed by atoms with Crippen LogP contribution in [0.1, 0.15) is 69.8 Å². The van der Waals surface area contributed by atoms with Crippen molar-refractivity contribution in [2.45, 2.75) is 85.2 Å². The van der Waals surface area contributed by atoms with Gasteiger partial charge in [-0.25, -0.2) is 4.79 Å². The molecule has 0 aliphatic carbocycles. The Kier molecular flexibility index (Phi) is 9.87. The van der Waals surface area contributed by atoms with Crippen molar-refractivity contribution >= 4 is 17.9 Å². The number of carbonyl (C=O) groups is 3. The van der Waals surface area contributed by atoms with Gasteiger partial charge in [0.25, 0.3) is 0 Å². The van der Waals surface area contributed by atoms with Crippen molar-refractivity contribution in [2.75, 3.05) is 6.61 Å². The molecule has 0 aliphatic heterocycles. The molecule has 0 spiro atoms. The molecular weight excluding hydrogens is 470 g/mol. The molecule has 0 radical (unpaired) electrons. The summed E-state index contributed by atoms with van der Waals surface area (Å²) >= 11 is 0. The molecule has 0 fully saturated rings. The summed E-state index contributed by atoms with van der Waals surface area (Å²) in [7, 11) is 0. The van der Waals surface area contributed by atoms with Gasteiger partial charge in [0.2, 0.25) is 11.8 Å². The van der Waals surface area contributed by atoms with E-state index in [1.54, 1.807) is 20.8 Å². The fraction of sp³-hybridized carbons (Fsp3) is 0.483. The highest BCUT2D eigenvalue weighted by Gasteiger charge is 2.42. The second-order valence-electron chi connectivity index (χ2n) is 11.2. The van der Waals surface area contributed by atoms with E-state index in [1.165, 1.54) is 4.90 Å². The Balaban J connectivity index is 2.51. The molecule has 0 heterocycles. The van der Waals surface area contributed by atoms with Crippen LogP contribution in [0.15, 0.2) is 48.5 Å². The highest BCUT2D eigenvalue weighted by atomic mass is 16.6. The highest BCUT2D eigenvalue weighted by Crippen LogP contribution is 2.32. The van der Waals surface area contributed by atoms with Gasteiger partial charge in [0.05, 0.1) is 6.61 Å². The number of alkyl carbamates (subject to hydrolysis) is 1. The van der Waals surface area contributed by atoms with Crippen molar-refractivity contribution in [3.05, 3.63) is 70.8 Å². The minimum absolute atomic E-state index is 0.285. The number of ether oxygens (including phenoxy) is 1. The van der Waals surface area contributed by atoms with Crippen LogP contribution in [0.3, 0.4) is 0 Å². The minimum Gasteiger partial charge on any atom is -0.444 e. The van der Waals surface area contributed by atoms with E-state index in [0.717, 1.165) is 16.7 Å². The van der Waals surface area contributed by atoms with Gasteiger partial charge in [0, 0.05) is 12.1 Å². The molecule has 0 aliphatic rings. The van der Waals surface area contributed by atoms with E-state index in [1.807, 2.05) is 83.1 Å². The van der Waals surface area contributed by atoms with Crippen LogP contribution in [0.5, 0.6) is 0 Å². The van der Waals surface area contributed by atoms with E-state index in [0.29, 0.717) is 5.56 Å². The molecule has 2 rings (SSSR count). The molecule has 0 saturated heterocycles. The van der Waals surface area contributed by atoms with Crippen LogP contribution in [0, 0.1) is 13.8 Å². The lowest BCUT2D eigenvalue weighted by Gasteiger charge is -2.43. The van der Waals surface area contributed by atoms with Gasteiger partial charge in [-0.05, 0) is 77.6 Å². The quantitative estimate of drug-likeness (QED) is 0.493. The third-order valence-corrected chi connectivity index (χ3v) is 5.89. The largest absolute Gasteiger partial charge is 0.444 e. The van der Waals surface area contributed by atoms with Crippen LogP contribution in [-0.2, 0) is 20.9 Å². The maximum Gasteiger partial charge on any atom is 0.408 e. The molecule has 8 heteroatoms. The summed E-state index contributed by atoms with van der Waals surface area (Å²) in [4.78, 5) is 41.6. The first kappa shape index (κ1) is 29.8. The molecule has 2 aromatic rings. The normalized spacial score (nSPS) is 13.3. The average Bonchev–Trinajstić information content (AvgIpc) is 2.79. The minimum atomic E-state index is -1.30. The van der Waals surface area contributed by atoms with Gasteiger partial charge in [-0.3, -0.25) is 9.59 Å². The monoisotopic (exact) mass is 511 g/mol. The highest BCUT2D eigenvalue weighted by molar-refractivity contribution is 5.93. The number of nitrogens with one attached hydrogen (secondary N) is 2. The molecule has 202 valence electrons. The van der Waals surface area contributed by atoms with Gasteiger partial charge in [-0.2, -0.15) is 0 Å². The molecule has 2 aromatic carbocycles. The van der Waals surface area contributed by atoms with E-state index in [9.17, 15) is 19.5 Å². The molecule has 3 N–H and O–H groups in total. The van der Waals surface area contributed by atoms with E-state index in [2.05, 4.69) is 10.6 Å². The Morgan fingerprint density at radius 3 is 2.11 bits per heavy atom. The summed E-state index contributed by atoms with van der Waals surface area (Å²) in [6.45, 7) is 14.0. The maximum absolute atomic E-state index is 13.9. The molecule has 3 amide bonds. The summed E-state index contributed by atoms with van der Waals surface area (Å²) in [6, 6.07) is 12.8. The Labute approximate surface area is 220 Å². The van der Waals surface area contributed by atoms with Gasteiger partial charge in [-0.1, -0.05) is 48.5 Å². The van der Waals surface area contributed by atoms with Crippen molar-refractivity contribution in [1.29, 1.82) is 0 Å². The third-order valence-electron chi connectivity index (χ3n) is 5.89. The topological polar surface area (TPSA) is 108 Å². The standard InChI is InChI=1S/C29H41N3O5/c1-19-13-12-16-22(20(19)2)24(25(34)30-17-21-14-10-9-11-15-21)32(28(3,4)5)26(35)23(18-33)31-27(36)37-29(6,7)8/h9-16,23-24,33H,17-18H2,1-8H3,(H,30,34)(H,31,36). The first-order chi connectivity index (χ1) is 17.2. The Morgan fingerprint density at radius 1 is 0.946 bits per heavy atom. The van der Waals surface area contributed by atoms with Crippen LogP contribution in [0.4, 0.5) is 4.79 Å². The lowest BCUT2D eigenvalue weighted by molar-refractivity contribution is -0.149. The van der Waals surface area contributed by atoms with Crippen molar-refractivity contribution < 1.29 is 24.2 Å². The molecule has 8 nitrogen and oxygen atoms in total. The first-order valence-electron chi connectivity index (χ1n) is 12.5. The van der Waals surface area contributed by atoms with Gasteiger partial charge in [0.15, 0.2) is 0 Å². The number of hydrogen-bond donors (Lipinski definition) is 3. The predicted molar refractivity (Wildman–Crippen MR) is 144 cm³/mol. The predicted octanol–water partition coefficient (Wildman–Crippen LogP) is 4.17. The Hall–Kier alpha value is -3.39. The summed E-state index contributed by atoms with van der Waals surface area (Å²) in [5.74, 6) is -0.962. The van der Waals surface area contributed by atoms with Crippen LogP contribution in [0.2, 0.25) is 0 Å². The van der Waals surface area contributed by atoms with Crippen LogP contribution in [0.25, 0.3) is 0 Å². The van der Waals surface area contributed by atoms with Crippen LogP contribution in [-0.4, -0.2) is 51.7 Å². The van der Waals surface area contributed by atoms with Gasteiger partial charge in [0.1, 0.15) is 17.7 Å². The number of hydrogen-bond acceptors (Lipinski definition) is 5. The Bertz CT molecular complexity index is 1090. The summed E-state index contributed by atoms with van der Waals surface area (Å²) in [5.41, 5.74) is 1.82. The van der Waals surface area contributed by atoms with Gasteiger partial charge >= 0.3 is 6.09 Å². The summed E-state index contributed by atoms with van der Waals surface area (Å²) in [6.07, 6.45) is -0.828. The molecule has 2 atom stereocenters. The fourth-order valence-electron chi connectivity index (χ4n) is 4.00. The van der Waals surface area contributed by atoms with E-state index >= 15 is 0 Å². The second-order valence-corrected chi connectivity index (χ2v) is 11.2. The number of nitrogens with zero attached hydrogens (tertiary/aromatic N) is 1. The number of rotatable bonds is 8. The van der Waals surface area contributed by atoms with Gasteiger partial charge in [-0.15, -0.1) is 0 Å². The van der Waals surface area contributed by atoms with Gasteiger partial charge < -0.3 is 25.4 Å². The zero-order valence-electron chi connectivity index (χ0n) is 23.2. The van der Waals surface area contributed by atoms with E-state index < -0.39 is 41.8 Å². The number of aryl methyl sites for hydroxylation is 1. The Morgan fingerprint density at radius 2 is 1.57 bits per heavy atom. The zero-order chi connectivity index (χ0) is 28.0. The number of aliphatic hydroxyl groups excluding tert-OH is 1. The molecular formula is C29H41N3O5. The van der Waals surface area contributed by atoms with Crippen molar-refractivity contribution in [3.8, 4) is 0 Å². The molecule has 2 unspecified atom stereocenters. The summed E-state index contributed by atoms with van der Waals surface area (Å²) < 4.78 is 5.29. The number of carbonyl (C=O) groups excluding carboxylic acids is 3. The van der Waals surface area contributed by atoms with Crippen molar-refractivity contribution in [3.63, 3.8) is 0 Å². The lowest BCUT2D eigenvalue weighted by Crippen LogP contribution is -2.59. The van der Waals surface area contributed by atoms with Crippen molar-refractivity contribution in [1.82, 2.24) is 15.5 Å². The van der Waals surface area contributed by atoms with Crippen LogP contribution < -0.4 is 10.6 Å². The summed E-state index contributed by atoms with van der Waals surface area (Å²) in [5, 5.41) is 15.5. The number of benzene rings is 2. The van der Waals surface area contributed by atoms with E-state index in [4.69, 9.17) is 4.74 Å². The van der Waals surface area contributed by atoms with Crippen molar-refractivity contribution in [2.24, 2.45) is 0 Å². The zero-order valence-corrected chi connectivity index (χ0v) is 23.2. The second kappa shape index (κ2) is 12.2. The first-order valence-corrected chi connectivity index (χ1v) is 12.5. The fourth-order valence-corrected chi connectivity index (χ4v) is 4.00. The smallest absolute Gasteiger partial charge is 0.408 e. The van der Waals surface area contributed by atoms with E-state index in [-0.39, 0.29) is 12.5 Å². The SMILES string of the molecule is Cc1cccc(C(C(=O)NCc2ccccc2)N(C(=O)C(CO)NC(=O)OC(C)(C)C)C(C)(C)C)c1C. The number of aliphatic hydroxyl groups is 1. The number of amides is 3. The molecule has 37 heavy (non-hydrogen) atoms. The lowest BCUT2D eigenvalue weighted by atomic mass is 9.91. The average molecular weight is 512 g/mol. The molecule has 0 saturated carbocycles. The molecule has 0 aromatic heterocycles.